The maximum Gasteiger partial charge on any atom is 0.261 e. The topological polar surface area (TPSA) is 26.3 Å². The molecule has 4 heteroatoms. The van der Waals surface area contributed by atoms with E-state index >= 15 is 0 Å². The maximum absolute atomic E-state index is 11.7. The van der Waals surface area contributed by atoms with Crippen LogP contribution >= 0.6 is 0 Å². The smallest absolute Gasteiger partial charge is 0.261 e. The lowest BCUT2D eigenvalue weighted by Crippen LogP contribution is -2.07. The Hall–Kier alpha value is -1.29. The lowest BCUT2D eigenvalue weighted by atomic mass is 10.1. The van der Waals surface area contributed by atoms with Crippen LogP contribution in [0.5, 0.6) is 0 Å². The zero-order valence-corrected chi connectivity index (χ0v) is 8.86. The highest BCUT2D eigenvalue weighted by Gasteiger charge is 2.05. The predicted molar refractivity (Wildman–Crippen MR) is 56.8 cm³/mol. The highest BCUT2D eigenvalue weighted by Crippen LogP contribution is 2.05. The Bertz CT molecular complexity index is 312. The largest absolute Gasteiger partial charge is 0.376 e. The van der Waals surface area contributed by atoms with Crippen LogP contribution in [0.2, 0.25) is 0 Å². The molecule has 0 saturated heterocycles. The predicted octanol–water partition coefficient (Wildman–Crippen LogP) is 2.93. The number of carbonyl (C=O) groups excluding carboxylic acids is 1. The normalized spacial score (nSPS) is 10.7. The number of ether oxygens (including phenoxy) is 1. The quantitative estimate of drug-likeness (QED) is 0.529. The van der Waals surface area contributed by atoms with Crippen molar-refractivity contribution in [3.05, 3.63) is 35.9 Å². The first-order valence-corrected chi connectivity index (χ1v) is 5.14. The summed E-state index contributed by atoms with van der Waals surface area (Å²) in [5.74, 6) is 0.0150. The van der Waals surface area contributed by atoms with Gasteiger partial charge >= 0.3 is 0 Å². The molecule has 0 radical (unpaired) electrons. The molecule has 1 rings (SSSR count). The summed E-state index contributed by atoms with van der Waals surface area (Å²) in [5, 5.41) is 0. The molecule has 1 aromatic rings. The number of hydrogen-bond donors (Lipinski definition) is 0. The van der Waals surface area contributed by atoms with Gasteiger partial charge in [-0.3, -0.25) is 4.79 Å². The van der Waals surface area contributed by atoms with Crippen molar-refractivity contribution < 1.29 is 18.3 Å². The van der Waals surface area contributed by atoms with Gasteiger partial charge in [-0.2, -0.15) is 0 Å². The fourth-order valence-electron chi connectivity index (χ4n) is 1.28. The standard InChI is InChI=1S/C12H14F2O2/c13-12(14)9-16-8-4-7-11(15)10-5-2-1-3-6-10/h1-3,5-6,12H,4,7-9H2. The third-order valence-corrected chi connectivity index (χ3v) is 2.03. The second-order valence-corrected chi connectivity index (χ2v) is 3.36. The minimum atomic E-state index is -2.44. The third-order valence-electron chi connectivity index (χ3n) is 2.03. The van der Waals surface area contributed by atoms with Crippen molar-refractivity contribution >= 4 is 5.78 Å². The van der Waals surface area contributed by atoms with Gasteiger partial charge in [0.2, 0.25) is 0 Å². The highest BCUT2D eigenvalue weighted by atomic mass is 19.3. The number of halogens is 2. The van der Waals surface area contributed by atoms with Gasteiger partial charge in [-0.05, 0) is 6.42 Å². The summed E-state index contributed by atoms with van der Waals surface area (Å²) >= 11 is 0. The van der Waals surface area contributed by atoms with E-state index in [4.69, 9.17) is 0 Å². The number of carbonyl (C=O) groups is 1. The van der Waals surface area contributed by atoms with E-state index in [1.807, 2.05) is 6.07 Å². The summed E-state index contributed by atoms with van der Waals surface area (Å²) in [5.41, 5.74) is 0.649. The molecule has 0 aliphatic heterocycles. The summed E-state index contributed by atoms with van der Waals surface area (Å²) in [6, 6.07) is 8.90. The van der Waals surface area contributed by atoms with E-state index < -0.39 is 13.0 Å². The molecule has 16 heavy (non-hydrogen) atoms. The molecule has 0 aliphatic rings. The zero-order chi connectivity index (χ0) is 11.8. The highest BCUT2D eigenvalue weighted by molar-refractivity contribution is 5.95. The molecule has 0 bridgehead atoms. The summed E-state index contributed by atoms with van der Waals surface area (Å²) in [7, 11) is 0. The molecule has 0 fully saturated rings. The number of ketones is 1. The van der Waals surface area contributed by atoms with Crippen LogP contribution in [-0.4, -0.2) is 25.4 Å². The summed E-state index contributed by atoms with van der Waals surface area (Å²) in [6.07, 6.45) is -1.64. The Balaban J connectivity index is 2.16. The molecule has 0 unspecified atom stereocenters. The van der Waals surface area contributed by atoms with E-state index in [9.17, 15) is 13.6 Å². The van der Waals surface area contributed by atoms with Crippen molar-refractivity contribution in [2.45, 2.75) is 19.3 Å². The van der Waals surface area contributed by atoms with E-state index in [2.05, 4.69) is 4.74 Å². The monoisotopic (exact) mass is 228 g/mol. The van der Waals surface area contributed by atoms with Gasteiger partial charge in [0, 0.05) is 18.6 Å². The molecule has 2 nitrogen and oxygen atoms in total. The first kappa shape index (κ1) is 12.8. The number of rotatable bonds is 7. The number of hydrogen-bond acceptors (Lipinski definition) is 2. The van der Waals surface area contributed by atoms with Gasteiger partial charge in [-0.25, -0.2) is 8.78 Å². The van der Waals surface area contributed by atoms with Crippen LogP contribution in [-0.2, 0) is 4.74 Å². The van der Waals surface area contributed by atoms with Crippen LogP contribution in [0.4, 0.5) is 8.78 Å². The van der Waals surface area contributed by atoms with Gasteiger partial charge in [0.1, 0.15) is 6.61 Å². The summed E-state index contributed by atoms with van der Waals surface area (Å²) in [4.78, 5) is 11.5. The second kappa shape index (κ2) is 7.06. The van der Waals surface area contributed by atoms with Gasteiger partial charge in [0.15, 0.2) is 5.78 Å². The van der Waals surface area contributed by atoms with Crippen LogP contribution in [0.1, 0.15) is 23.2 Å². The molecule has 1 aromatic carbocycles. The van der Waals surface area contributed by atoms with Crippen molar-refractivity contribution in [1.82, 2.24) is 0 Å². The van der Waals surface area contributed by atoms with Crippen molar-refractivity contribution in [3.63, 3.8) is 0 Å². The SMILES string of the molecule is O=C(CCCOCC(F)F)c1ccccc1. The van der Waals surface area contributed by atoms with Crippen molar-refractivity contribution in [2.75, 3.05) is 13.2 Å². The Morgan fingerprint density at radius 2 is 1.94 bits per heavy atom. The molecular weight excluding hydrogens is 214 g/mol. The van der Waals surface area contributed by atoms with E-state index in [-0.39, 0.29) is 12.4 Å². The Labute approximate surface area is 93.2 Å². The minimum Gasteiger partial charge on any atom is -0.376 e. The fourth-order valence-corrected chi connectivity index (χ4v) is 1.28. The number of benzene rings is 1. The lowest BCUT2D eigenvalue weighted by Gasteiger charge is -2.03. The second-order valence-electron chi connectivity index (χ2n) is 3.36. The van der Waals surface area contributed by atoms with Crippen LogP contribution in [0, 0.1) is 0 Å². The number of Topliss-reactive ketones (excluding diaryl/α,β-unsaturated/α-hetero) is 1. The first-order chi connectivity index (χ1) is 7.70. The Kier molecular flexibility index (Phi) is 5.64. The van der Waals surface area contributed by atoms with Gasteiger partial charge in [-0.1, -0.05) is 30.3 Å². The Morgan fingerprint density at radius 1 is 1.25 bits per heavy atom. The van der Waals surface area contributed by atoms with E-state index in [1.165, 1.54) is 0 Å². The van der Waals surface area contributed by atoms with Gasteiger partial charge < -0.3 is 4.74 Å². The number of alkyl halides is 2. The van der Waals surface area contributed by atoms with Crippen LogP contribution in [0.25, 0.3) is 0 Å². The third kappa shape index (κ3) is 4.98. The minimum absolute atomic E-state index is 0.0150. The van der Waals surface area contributed by atoms with Crippen molar-refractivity contribution in [1.29, 1.82) is 0 Å². The fraction of sp³-hybridized carbons (Fsp3) is 0.417. The average molecular weight is 228 g/mol. The van der Waals surface area contributed by atoms with Crippen molar-refractivity contribution in [3.8, 4) is 0 Å². The molecule has 0 saturated carbocycles. The molecule has 0 spiro atoms. The summed E-state index contributed by atoms with van der Waals surface area (Å²) in [6.45, 7) is -0.359. The van der Waals surface area contributed by atoms with E-state index in [1.54, 1.807) is 24.3 Å². The Morgan fingerprint density at radius 3 is 2.56 bits per heavy atom. The van der Waals surface area contributed by atoms with Crippen LogP contribution < -0.4 is 0 Å². The molecule has 88 valence electrons. The zero-order valence-electron chi connectivity index (χ0n) is 8.86. The maximum atomic E-state index is 11.7. The molecule has 0 heterocycles. The van der Waals surface area contributed by atoms with Gasteiger partial charge in [-0.15, -0.1) is 0 Å². The van der Waals surface area contributed by atoms with Crippen LogP contribution in [0.15, 0.2) is 30.3 Å². The van der Waals surface area contributed by atoms with E-state index in [0.717, 1.165) is 0 Å². The van der Waals surface area contributed by atoms with Gasteiger partial charge in [0.25, 0.3) is 6.43 Å². The van der Waals surface area contributed by atoms with Crippen LogP contribution in [0.3, 0.4) is 0 Å². The molecule has 0 aliphatic carbocycles. The lowest BCUT2D eigenvalue weighted by molar-refractivity contribution is 0.0164. The first-order valence-electron chi connectivity index (χ1n) is 5.14. The summed E-state index contributed by atoms with van der Waals surface area (Å²) < 4.78 is 28.1. The molecular formula is C12H14F2O2. The van der Waals surface area contributed by atoms with E-state index in [0.29, 0.717) is 18.4 Å². The molecule has 0 aromatic heterocycles. The average Bonchev–Trinajstić information content (AvgIpc) is 2.29. The van der Waals surface area contributed by atoms with Gasteiger partial charge in [0.05, 0.1) is 0 Å². The van der Waals surface area contributed by atoms with Crippen molar-refractivity contribution in [2.24, 2.45) is 0 Å². The molecule has 0 amide bonds. The molecule has 0 atom stereocenters. The molecule has 0 N–H and O–H groups in total.